The Morgan fingerprint density at radius 3 is 2.35 bits per heavy atom. The Kier molecular flexibility index (Phi) is 3.15. The molecule has 1 aromatic rings. The summed E-state index contributed by atoms with van der Waals surface area (Å²) in [6.07, 6.45) is 0. The first-order chi connectivity index (χ1) is 7.99. The van der Waals surface area contributed by atoms with Crippen molar-refractivity contribution >= 4 is 15.7 Å². The van der Waals surface area contributed by atoms with Crippen LogP contribution in [0.4, 0.5) is 4.39 Å². The Balaban J connectivity index is 2.15. The fourth-order valence-electron chi connectivity index (χ4n) is 1.72. The molecule has 1 aliphatic rings. The molecule has 0 spiro atoms. The predicted molar refractivity (Wildman–Crippen MR) is 61.0 cm³/mol. The number of hydrogen-bond acceptors (Lipinski definition) is 3. The second kappa shape index (κ2) is 4.44. The molecule has 1 aromatic carbocycles. The van der Waals surface area contributed by atoms with Crippen molar-refractivity contribution in [3.05, 3.63) is 35.6 Å². The SMILES string of the molecule is O=C(c1ccccc1F)N1CCS(=O)(=O)CC1. The predicted octanol–water partition coefficient (Wildman–Crippen LogP) is 0.696. The number of rotatable bonds is 1. The lowest BCUT2D eigenvalue weighted by atomic mass is 10.2. The van der Waals surface area contributed by atoms with Crippen molar-refractivity contribution in [2.45, 2.75) is 0 Å². The number of amides is 1. The van der Waals surface area contributed by atoms with Gasteiger partial charge in [0.15, 0.2) is 9.84 Å². The largest absolute Gasteiger partial charge is 0.337 e. The summed E-state index contributed by atoms with van der Waals surface area (Å²) in [4.78, 5) is 13.3. The van der Waals surface area contributed by atoms with Crippen LogP contribution in [0.5, 0.6) is 0 Å². The smallest absolute Gasteiger partial charge is 0.256 e. The van der Waals surface area contributed by atoms with E-state index in [1.54, 1.807) is 6.07 Å². The topological polar surface area (TPSA) is 54.5 Å². The van der Waals surface area contributed by atoms with E-state index in [9.17, 15) is 17.6 Å². The molecule has 0 atom stereocenters. The molecule has 1 fully saturated rings. The maximum absolute atomic E-state index is 13.4. The van der Waals surface area contributed by atoms with E-state index in [4.69, 9.17) is 0 Å². The normalized spacial score (nSPS) is 19.0. The molecule has 92 valence electrons. The zero-order valence-electron chi connectivity index (χ0n) is 9.10. The molecule has 0 bridgehead atoms. The molecule has 0 unspecified atom stereocenters. The molecule has 4 nitrogen and oxygen atoms in total. The van der Waals surface area contributed by atoms with Gasteiger partial charge < -0.3 is 4.90 Å². The average Bonchev–Trinajstić information content (AvgIpc) is 2.29. The Bertz CT molecular complexity index is 527. The molecule has 0 aliphatic carbocycles. The third-order valence-corrected chi connectivity index (χ3v) is 4.35. The van der Waals surface area contributed by atoms with Crippen molar-refractivity contribution in [1.82, 2.24) is 4.90 Å². The Morgan fingerprint density at radius 2 is 1.76 bits per heavy atom. The summed E-state index contributed by atoms with van der Waals surface area (Å²) in [5.74, 6) is -1.12. The van der Waals surface area contributed by atoms with E-state index < -0.39 is 21.6 Å². The average molecular weight is 257 g/mol. The molecule has 0 aromatic heterocycles. The minimum Gasteiger partial charge on any atom is -0.337 e. The molecule has 1 aliphatic heterocycles. The lowest BCUT2D eigenvalue weighted by Gasteiger charge is -2.26. The quantitative estimate of drug-likeness (QED) is 0.744. The fourth-order valence-corrected chi connectivity index (χ4v) is 2.92. The number of carbonyl (C=O) groups excluding carboxylic acids is 1. The monoisotopic (exact) mass is 257 g/mol. The highest BCUT2D eigenvalue weighted by Gasteiger charge is 2.26. The zero-order chi connectivity index (χ0) is 12.5. The van der Waals surface area contributed by atoms with Crippen LogP contribution < -0.4 is 0 Å². The first-order valence-electron chi connectivity index (χ1n) is 5.24. The second-order valence-corrected chi connectivity index (χ2v) is 6.23. The number of sulfone groups is 1. The molecule has 1 amide bonds. The van der Waals surface area contributed by atoms with Crippen molar-refractivity contribution in [2.24, 2.45) is 0 Å². The second-order valence-electron chi connectivity index (χ2n) is 3.92. The van der Waals surface area contributed by atoms with Gasteiger partial charge in [0.25, 0.3) is 5.91 Å². The summed E-state index contributed by atoms with van der Waals surface area (Å²) in [5, 5.41) is 0. The van der Waals surface area contributed by atoms with E-state index in [2.05, 4.69) is 0 Å². The number of halogens is 1. The standard InChI is InChI=1S/C11H12FNO3S/c12-10-4-2-1-3-9(10)11(14)13-5-7-17(15,16)8-6-13/h1-4H,5-8H2. The van der Waals surface area contributed by atoms with E-state index in [-0.39, 0.29) is 30.2 Å². The lowest BCUT2D eigenvalue weighted by Crippen LogP contribution is -2.43. The van der Waals surface area contributed by atoms with Crippen LogP contribution >= 0.6 is 0 Å². The van der Waals surface area contributed by atoms with Gasteiger partial charge in [-0.15, -0.1) is 0 Å². The molecule has 0 N–H and O–H groups in total. The van der Waals surface area contributed by atoms with Gasteiger partial charge in [-0.2, -0.15) is 0 Å². The van der Waals surface area contributed by atoms with Crippen LogP contribution in [0.3, 0.4) is 0 Å². The minimum absolute atomic E-state index is 0.00759. The van der Waals surface area contributed by atoms with Crippen molar-refractivity contribution < 1.29 is 17.6 Å². The van der Waals surface area contributed by atoms with E-state index in [1.807, 2.05) is 0 Å². The van der Waals surface area contributed by atoms with Crippen LogP contribution in [-0.4, -0.2) is 43.8 Å². The van der Waals surface area contributed by atoms with Gasteiger partial charge in [0.05, 0.1) is 17.1 Å². The zero-order valence-corrected chi connectivity index (χ0v) is 9.91. The van der Waals surface area contributed by atoms with E-state index in [0.717, 1.165) is 0 Å². The summed E-state index contributed by atoms with van der Waals surface area (Å²) in [5.41, 5.74) is -0.00759. The highest BCUT2D eigenvalue weighted by molar-refractivity contribution is 7.91. The number of hydrogen-bond donors (Lipinski definition) is 0. The third kappa shape index (κ3) is 2.63. The van der Waals surface area contributed by atoms with Gasteiger partial charge in [-0.05, 0) is 12.1 Å². The highest BCUT2D eigenvalue weighted by atomic mass is 32.2. The number of carbonyl (C=O) groups is 1. The number of benzene rings is 1. The molecule has 17 heavy (non-hydrogen) atoms. The molecule has 1 saturated heterocycles. The van der Waals surface area contributed by atoms with Gasteiger partial charge in [-0.3, -0.25) is 4.79 Å². The van der Waals surface area contributed by atoms with E-state index in [1.165, 1.54) is 23.1 Å². The van der Waals surface area contributed by atoms with Crippen LogP contribution in [0, 0.1) is 5.82 Å². The molecular formula is C11H12FNO3S. The molecule has 0 saturated carbocycles. The Hall–Kier alpha value is -1.43. The van der Waals surface area contributed by atoms with Crippen molar-refractivity contribution in [3.63, 3.8) is 0 Å². The van der Waals surface area contributed by atoms with Gasteiger partial charge in [0, 0.05) is 13.1 Å². The Morgan fingerprint density at radius 1 is 1.18 bits per heavy atom. The molecule has 2 rings (SSSR count). The molecular weight excluding hydrogens is 245 g/mol. The number of nitrogens with zero attached hydrogens (tertiary/aromatic N) is 1. The van der Waals surface area contributed by atoms with Crippen molar-refractivity contribution in [1.29, 1.82) is 0 Å². The van der Waals surface area contributed by atoms with Gasteiger partial charge in [0.1, 0.15) is 5.82 Å². The maximum atomic E-state index is 13.4. The van der Waals surface area contributed by atoms with Gasteiger partial charge >= 0.3 is 0 Å². The summed E-state index contributed by atoms with van der Waals surface area (Å²) in [7, 11) is -3.03. The van der Waals surface area contributed by atoms with Crippen molar-refractivity contribution in [2.75, 3.05) is 24.6 Å². The maximum Gasteiger partial charge on any atom is 0.256 e. The summed E-state index contributed by atoms with van der Waals surface area (Å²) in [6, 6.07) is 5.71. The van der Waals surface area contributed by atoms with Gasteiger partial charge in [-0.25, -0.2) is 12.8 Å². The van der Waals surface area contributed by atoms with Crippen LogP contribution in [0.2, 0.25) is 0 Å². The Labute approximate surface area is 99.0 Å². The van der Waals surface area contributed by atoms with Gasteiger partial charge in [-0.1, -0.05) is 12.1 Å². The van der Waals surface area contributed by atoms with Crippen LogP contribution in [0.15, 0.2) is 24.3 Å². The van der Waals surface area contributed by atoms with Crippen LogP contribution in [0.1, 0.15) is 10.4 Å². The lowest BCUT2D eigenvalue weighted by molar-refractivity contribution is 0.0765. The third-order valence-electron chi connectivity index (χ3n) is 2.74. The summed E-state index contributed by atoms with van der Waals surface area (Å²) >= 11 is 0. The van der Waals surface area contributed by atoms with Gasteiger partial charge in [0.2, 0.25) is 0 Å². The first kappa shape index (κ1) is 12.0. The molecule has 0 radical (unpaired) electrons. The molecule has 1 heterocycles. The van der Waals surface area contributed by atoms with E-state index in [0.29, 0.717) is 0 Å². The summed E-state index contributed by atoms with van der Waals surface area (Å²) < 4.78 is 35.8. The van der Waals surface area contributed by atoms with Crippen molar-refractivity contribution in [3.8, 4) is 0 Å². The van der Waals surface area contributed by atoms with Crippen LogP contribution in [-0.2, 0) is 9.84 Å². The minimum atomic E-state index is -3.03. The van der Waals surface area contributed by atoms with E-state index >= 15 is 0 Å². The molecule has 6 heteroatoms. The highest BCUT2D eigenvalue weighted by Crippen LogP contribution is 2.12. The fraction of sp³-hybridized carbons (Fsp3) is 0.364. The first-order valence-corrected chi connectivity index (χ1v) is 7.06. The van der Waals surface area contributed by atoms with Crippen LogP contribution in [0.25, 0.3) is 0 Å². The summed E-state index contributed by atoms with van der Waals surface area (Å²) in [6.45, 7) is 0.269.